The Kier molecular flexibility index (Phi) is 4.86. The van der Waals surface area contributed by atoms with Crippen molar-refractivity contribution in [1.82, 2.24) is 19.9 Å². The van der Waals surface area contributed by atoms with Crippen molar-refractivity contribution in [2.24, 2.45) is 5.92 Å². The van der Waals surface area contributed by atoms with Crippen LogP contribution in [-0.4, -0.2) is 38.8 Å². The van der Waals surface area contributed by atoms with Gasteiger partial charge in [-0.2, -0.15) is 0 Å². The Morgan fingerprint density at radius 3 is 2.88 bits per heavy atom. The summed E-state index contributed by atoms with van der Waals surface area (Å²) in [6.07, 6.45) is 10.8. The van der Waals surface area contributed by atoms with E-state index in [4.69, 9.17) is 0 Å². The van der Waals surface area contributed by atoms with E-state index in [2.05, 4.69) is 39.2 Å². The number of fused-ring (bicyclic) bond motifs is 1. The lowest BCUT2D eigenvalue weighted by molar-refractivity contribution is 0.0759. The van der Waals surface area contributed by atoms with Crippen LogP contribution in [0.25, 0.3) is 10.9 Å². The maximum atomic E-state index is 12.6. The average molecular weight is 346 g/mol. The molecular formula is C21H22N4O. The van der Waals surface area contributed by atoms with Crippen molar-refractivity contribution in [1.29, 1.82) is 0 Å². The first-order chi connectivity index (χ1) is 12.8. The van der Waals surface area contributed by atoms with E-state index >= 15 is 0 Å². The molecular weight excluding hydrogens is 324 g/mol. The van der Waals surface area contributed by atoms with Crippen LogP contribution in [0, 0.1) is 5.92 Å². The molecule has 1 aliphatic rings. The van der Waals surface area contributed by atoms with Crippen LogP contribution in [0.1, 0.15) is 35.2 Å². The van der Waals surface area contributed by atoms with Gasteiger partial charge < -0.3 is 4.90 Å². The van der Waals surface area contributed by atoms with Gasteiger partial charge in [0, 0.05) is 37.1 Å². The van der Waals surface area contributed by atoms with Crippen LogP contribution in [-0.2, 0) is 6.42 Å². The van der Waals surface area contributed by atoms with Gasteiger partial charge in [-0.15, -0.1) is 0 Å². The second kappa shape index (κ2) is 7.60. The Hall–Kier alpha value is -2.82. The molecule has 1 fully saturated rings. The first kappa shape index (κ1) is 16.6. The first-order valence-electron chi connectivity index (χ1n) is 9.17. The van der Waals surface area contributed by atoms with Gasteiger partial charge in [0.2, 0.25) is 0 Å². The van der Waals surface area contributed by atoms with Crippen molar-refractivity contribution in [3.05, 3.63) is 66.4 Å². The Morgan fingerprint density at radius 1 is 1.12 bits per heavy atom. The monoisotopic (exact) mass is 346 g/mol. The molecule has 1 aliphatic heterocycles. The maximum Gasteiger partial charge on any atom is 0.256 e. The SMILES string of the molecule is O=C(c1cncnc1)N1CCC[C@H](Cc2ccc3ncccc3c2)CC1. The van der Waals surface area contributed by atoms with Crippen molar-refractivity contribution in [3.8, 4) is 0 Å². The lowest BCUT2D eigenvalue weighted by Gasteiger charge is -2.20. The van der Waals surface area contributed by atoms with Gasteiger partial charge >= 0.3 is 0 Å². The van der Waals surface area contributed by atoms with Crippen LogP contribution >= 0.6 is 0 Å². The molecule has 0 aliphatic carbocycles. The highest BCUT2D eigenvalue weighted by atomic mass is 16.2. The van der Waals surface area contributed by atoms with Gasteiger partial charge in [0.25, 0.3) is 5.91 Å². The molecule has 5 heteroatoms. The number of pyridine rings is 1. The quantitative estimate of drug-likeness (QED) is 0.728. The van der Waals surface area contributed by atoms with Crippen LogP contribution in [0.5, 0.6) is 0 Å². The predicted molar refractivity (Wildman–Crippen MR) is 101 cm³/mol. The number of likely N-dealkylation sites (tertiary alicyclic amines) is 1. The third kappa shape index (κ3) is 3.72. The van der Waals surface area contributed by atoms with E-state index in [0.29, 0.717) is 11.5 Å². The average Bonchev–Trinajstić information content (AvgIpc) is 2.93. The molecule has 0 bridgehead atoms. The van der Waals surface area contributed by atoms with Crippen LogP contribution in [0.2, 0.25) is 0 Å². The summed E-state index contributed by atoms with van der Waals surface area (Å²) in [7, 11) is 0. The molecule has 0 N–H and O–H groups in total. The molecule has 1 amide bonds. The normalized spacial score (nSPS) is 17.8. The topological polar surface area (TPSA) is 59.0 Å². The fourth-order valence-corrected chi connectivity index (χ4v) is 3.75. The third-order valence-corrected chi connectivity index (χ3v) is 5.13. The standard InChI is InChI=1S/C21H22N4O/c26-21(19-13-22-15-23-14-19)25-9-2-3-16(7-10-25)11-17-5-6-20-18(12-17)4-1-8-24-20/h1,4-6,8,12-16H,2-3,7,9-11H2/t16-/m0/s1. The number of carbonyl (C=O) groups excluding carboxylic acids is 1. The fraction of sp³-hybridized carbons (Fsp3) is 0.333. The second-order valence-electron chi connectivity index (χ2n) is 6.95. The van der Waals surface area contributed by atoms with Gasteiger partial charge in [-0.1, -0.05) is 12.1 Å². The molecule has 1 atom stereocenters. The Bertz CT molecular complexity index is 897. The number of carbonyl (C=O) groups is 1. The van der Waals surface area contributed by atoms with Crippen molar-refractivity contribution >= 4 is 16.8 Å². The summed E-state index contributed by atoms with van der Waals surface area (Å²) in [5, 5.41) is 1.19. The minimum Gasteiger partial charge on any atom is -0.339 e. The number of aromatic nitrogens is 3. The van der Waals surface area contributed by atoms with E-state index in [-0.39, 0.29) is 5.91 Å². The highest BCUT2D eigenvalue weighted by Crippen LogP contribution is 2.24. The van der Waals surface area contributed by atoms with Crippen molar-refractivity contribution in [2.75, 3.05) is 13.1 Å². The zero-order chi connectivity index (χ0) is 17.8. The van der Waals surface area contributed by atoms with E-state index in [9.17, 15) is 4.79 Å². The first-order valence-corrected chi connectivity index (χ1v) is 9.17. The molecule has 5 nitrogen and oxygen atoms in total. The fourth-order valence-electron chi connectivity index (χ4n) is 3.75. The van der Waals surface area contributed by atoms with E-state index in [0.717, 1.165) is 44.3 Å². The van der Waals surface area contributed by atoms with Gasteiger partial charge in [-0.3, -0.25) is 9.78 Å². The Labute approximate surface area is 153 Å². The molecule has 0 spiro atoms. The van der Waals surface area contributed by atoms with E-state index in [1.54, 1.807) is 12.4 Å². The summed E-state index contributed by atoms with van der Waals surface area (Å²) in [5.74, 6) is 0.650. The van der Waals surface area contributed by atoms with Gasteiger partial charge in [0.05, 0.1) is 11.1 Å². The van der Waals surface area contributed by atoms with Crippen LogP contribution < -0.4 is 0 Å². The van der Waals surface area contributed by atoms with E-state index < -0.39 is 0 Å². The molecule has 0 unspecified atom stereocenters. The maximum absolute atomic E-state index is 12.6. The van der Waals surface area contributed by atoms with Gasteiger partial charge in [-0.05, 0) is 55.4 Å². The summed E-state index contributed by atoms with van der Waals surface area (Å²) in [6.45, 7) is 1.61. The molecule has 26 heavy (non-hydrogen) atoms. The van der Waals surface area contributed by atoms with Gasteiger partial charge in [0.15, 0.2) is 0 Å². The summed E-state index contributed by atoms with van der Waals surface area (Å²) in [5.41, 5.74) is 2.97. The number of amides is 1. The lowest BCUT2D eigenvalue weighted by atomic mass is 9.92. The molecule has 0 radical (unpaired) electrons. The summed E-state index contributed by atoms with van der Waals surface area (Å²) in [4.78, 5) is 26.9. The highest BCUT2D eigenvalue weighted by Gasteiger charge is 2.22. The van der Waals surface area contributed by atoms with Crippen LogP contribution in [0.3, 0.4) is 0 Å². The number of hydrogen-bond donors (Lipinski definition) is 0. The molecule has 0 saturated carbocycles. The minimum absolute atomic E-state index is 0.0445. The summed E-state index contributed by atoms with van der Waals surface area (Å²) in [6, 6.07) is 10.6. The molecule has 132 valence electrons. The second-order valence-corrected chi connectivity index (χ2v) is 6.95. The zero-order valence-electron chi connectivity index (χ0n) is 14.7. The number of nitrogens with zero attached hydrogens (tertiary/aromatic N) is 4. The Morgan fingerprint density at radius 2 is 2.00 bits per heavy atom. The molecule has 3 aromatic rings. The van der Waals surface area contributed by atoms with E-state index in [1.807, 2.05) is 17.2 Å². The summed E-state index contributed by atoms with van der Waals surface area (Å²) < 4.78 is 0. The molecule has 1 saturated heterocycles. The number of rotatable bonds is 3. The third-order valence-electron chi connectivity index (χ3n) is 5.13. The van der Waals surface area contributed by atoms with E-state index in [1.165, 1.54) is 17.3 Å². The minimum atomic E-state index is 0.0445. The van der Waals surface area contributed by atoms with Gasteiger partial charge in [0.1, 0.15) is 6.33 Å². The van der Waals surface area contributed by atoms with Gasteiger partial charge in [-0.25, -0.2) is 9.97 Å². The van der Waals surface area contributed by atoms with Crippen LogP contribution in [0.4, 0.5) is 0 Å². The molecule has 4 rings (SSSR count). The van der Waals surface area contributed by atoms with Crippen molar-refractivity contribution in [3.63, 3.8) is 0 Å². The Balaban J connectivity index is 1.41. The van der Waals surface area contributed by atoms with Crippen molar-refractivity contribution in [2.45, 2.75) is 25.7 Å². The zero-order valence-corrected chi connectivity index (χ0v) is 14.7. The van der Waals surface area contributed by atoms with Crippen molar-refractivity contribution < 1.29 is 4.79 Å². The smallest absolute Gasteiger partial charge is 0.256 e. The highest BCUT2D eigenvalue weighted by molar-refractivity contribution is 5.93. The molecule has 3 heterocycles. The molecule has 2 aromatic heterocycles. The van der Waals surface area contributed by atoms with Crippen LogP contribution in [0.15, 0.2) is 55.2 Å². The lowest BCUT2D eigenvalue weighted by Crippen LogP contribution is -2.32. The summed E-state index contributed by atoms with van der Waals surface area (Å²) >= 11 is 0. The number of benzene rings is 1. The predicted octanol–water partition coefficient (Wildman–Crippen LogP) is 3.51. The largest absolute Gasteiger partial charge is 0.339 e. The molecule has 1 aromatic carbocycles. The number of hydrogen-bond acceptors (Lipinski definition) is 4.